The molecular formula is C13H12N2O6. The molecule has 0 aliphatic rings. The van der Waals surface area contributed by atoms with E-state index in [-0.39, 0.29) is 34.5 Å². The van der Waals surface area contributed by atoms with Gasteiger partial charge >= 0.3 is 11.7 Å². The van der Waals surface area contributed by atoms with Crippen LogP contribution in [0.5, 0.6) is 5.75 Å². The van der Waals surface area contributed by atoms with Crippen LogP contribution in [0.4, 0.5) is 5.69 Å². The molecule has 2 aromatic rings. The number of nitrogens with one attached hydrogen (secondary N) is 1. The predicted molar refractivity (Wildman–Crippen MR) is 73.7 cm³/mol. The summed E-state index contributed by atoms with van der Waals surface area (Å²) in [7, 11) is 1.26. The van der Waals surface area contributed by atoms with Crippen LogP contribution in [0.15, 0.2) is 23.1 Å². The van der Waals surface area contributed by atoms with Gasteiger partial charge in [-0.1, -0.05) is 0 Å². The number of hydrogen-bond donors (Lipinski definition) is 1. The summed E-state index contributed by atoms with van der Waals surface area (Å²) in [5.74, 6) is -0.817. The Kier molecular flexibility index (Phi) is 3.88. The lowest BCUT2D eigenvalue weighted by molar-refractivity contribution is -0.385. The molecule has 0 bridgehead atoms. The van der Waals surface area contributed by atoms with Crippen molar-refractivity contribution >= 4 is 22.6 Å². The zero-order chi connectivity index (χ0) is 15.6. The minimum absolute atomic E-state index is 0.0648. The molecule has 0 saturated heterocycles. The molecule has 2 rings (SSSR count). The van der Waals surface area contributed by atoms with Gasteiger partial charge in [0.05, 0.1) is 29.5 Å². The van der Waals surface area contributed by atoms with Gasteiger partial charge in [-0.25, -0.2) is 4.79 Å². The molecule has 0 radical (unpaired) electrons. The van der Waals surface area contributed by atoms with E-state index in [0.29, 0.717) is 0 Å². The monoisotopic (exact) mass is 292 g/mol. The van der Waals surface area contributed by atoms with Crippen LogP contribution in [-0.4, -0.2) is 29.6 Å². The van der Waals surface area contributed by atoms with Gasteiger partial charge in [-0.15, -0.1) is 0 Å². The molecule has 8 nitrogen and oxygen atoms in total. The van der Waals surface area contributed by atoms with E-state index in [1.54, 1.807) is 6.92 Å². The molecule has 0 unspecified atom stereocenters. The number of fused-ring (bicyclic) bond motifs is 1. The molecule has 0 atom stereocenters. The minimum Gasteiger partial charge on any atom is -0.489 e. The third-order valence-corrected chi connectivity index (χ3v) is 2.88. The lowest BCUT2D eigenvalue weighted by Crippen LogP contribution is -2.18. The molecular weight excluding hydrogens is 280 g/mol. The van der Waals surface area contributed by atoms with Crippen LogP contribution in [0.1, 0.15) is 17.3 Å². The summed E-state index contributed by atoms with van der Waals surface area (Å²) in [5, 5.41) is 11.0. The van der Waals surface area contributed by atoms with E-state index in [9.17, 15) is 19.7 Å². The third kappa shape index (κ3) is 2.42. The largest absolute Gasteiger partial charge is 0.489 e. The average Bonchev–Trinajstić information content (AvgIpc) is 2.46. The maximum atomic E-state index is 12.2. The van der Waals surface area contributed by atoms with E-state index in [1.165, 1.54) is 13.2 Å². The van der Waals surface area contributed by atoms with Gasteiger partial charge in [0.25, 0.3) is 0 Å². The Hall–Kier alpha value is -2.90. The standard InChI is InChI=1S/C13H12N2O6/c1-3-21-13(17)8-6-14-10-7(11(8)16)4-5-9(15(18)19)12(10)20-2/h4-6H,3H2,1-2H3,(H,14,16). The molecule has 8 heteroatoms. The molecule has 1 aromatic heterocycles. The molecule has 0 fully saturated rings. The topological polar surface area (TPSA) is 112 Å². The van der Waals surface area contributed by atoms with Crippen LogP contribution in [-0.2, 0) is 4.74 Å². The van der Waals surface area contributed by atoms with Gasteiger partial charge in [0.1, 0.15) is 5.56 Å². The number of esters is 1. The van der Waals surface area contributed by atoms with E-state index < -0.39 is 16.3 Å². The number of methoxy groups -OCH3 is 1. The first-order valence-corrected chi connectivity index (χ1v) is 6.05. The fourth-order valence-electron chi connectivity index (χ4n) is 1.97. The minimum atomic E-state index is -0.752. The summed E-state index contributed by atoms with van der Waals surface area (Å²) in [6, 6.07) is 2.43. The smallest absolute Gasteiger partial charge is 0.343 e. The number of rotatable bonds is 4. The van der Waals surface area contributed by atoms with Crippen LogP contribution in [0.25, 0.3) is 10.9 Å². The zero-order valence-corrected chi connectivity index (χ0v) is 11.3. The van der Waals surface area contributed by atoms with Crippen molar-refractivity contribution in [3.8, 4) is 5.75 Å². The lowest BCUT2D eigenvalue weighted by atomic mass is 10.1. The number of hydrogen-bond acceptors (Lipinski definition) is 6. The zero-order valence-electron chi connectivity index (χ0n) is 11.3. The number of benzene rings is 1. The number of ether oxygens (including phenoxy) is 2. The third-order valence-electron chi connectivity index (χ3n) is 2.88. The molecule has 0 saturated carbocycles. The number of nitro groups is 1. The second kappa shape index (κ2) is 5.61. The molecule has 1 aromatic carbocycles. The number of nitro benzene ring substituents is 1. The highest BCUT2D eigenvalue weighted by atomic mass is 16.6. The van der Waals surface area contributed by atoms with Gasteiger partial charge in [-0.05, 0) is 13.0 Å². The first kappa shape index (κ1) is 14.5. The second-order valence-corrected chi connectivity index (χ2v) is 4.05. The van der Waals surface area contributed by atoms with Gasteiger partial charge in [0.15, 0.2) is 0 Å². The first-order chi connectivity index (χ1) is 10.0. The van der Waals surface area contributed by atoms with Crippen molar-refractivity contribution in [1.82, 2.24) is 4.98 Å². The van der Waals surface area contributed by atoms with Crippen LogP contribution < -0.4 is 10.2 Å². The summed E-state index contributed by atoms with van der Waals surface area (Å²) in [6.45, 7) is 1.76. The van der Waals surface area contributed by atoms with E-state index in [4.69, 9.17) is 9.47 Å². The number of aromatic nitrogens is 1. The quantitative estimate of drug-likeness (QED) is 0.520. The summed E-state index contributed by atoms with van der Waals surface area (Å²) in [6.07, 6.45) is 1.16. The molecule has 1 heterocycles. The Morgan fingerprint density at radius 3 is 2.71 bits per heavy atom. The molecule has 110 valence electrons. The summed E-state index contributed by atoms with van der Waals surface area (Å²) in [4.78, 5) is 36.9. The number of carbonyl (C=O) groups excluding carboxylic acids is 1. The van der Waals surface area contributed by atoms with Crippen molar-refractivity contribution in [2.75, 3.05) is 13.7 Å². The van der Waals surface area contributed by atoms with Crippen molar-refractivity contribution in [1.29, 1.82) is 0 Å². The molecule has 0 aliphatic carbocycles. The van der Waals surface area contributed by atoms with Gasteiger partial charge in [-0.2, -0.15) is 0 Å². The molecule has 1 N–H and O–H groups in total. The average molecular weight is 292 g/mol. The van der Waals surface area contributed by atoms with Crippen LogP contribution in [0, 0.1) is 10.1 Å². The number of carbonyl (C=O) groups is 1. The first-order valence-electron chi connectivity index (χ1n) is 6.05. The Morgan fingerprint density at radius 1 is 1.43 bits per heavy atom. The highest BCUT2D eigenvalue weighted by Crippen LogP contribution is 2.32. The van der Waals surface area contributed by atoms with E-state index in [2.05, 4.69) is 4.98 Å². The van der Waals surface area contributed by atoms with Gasteiger partial charge in [0.2, 0.25) is 11.2 Å². The Labute approximate surface area is 118 Å². The molecule has 0 aliphatic heterocycles. The van der Waals surface area contributed by atoms with E-state index in [0.717, 1.165) is 12.3 Å². The fraction of sp³-hybridized carbons (Fsp3) is 0.231. The Morgan fingerprint density at radius 2 is 2.14 bits per heavy atom. The molecule has 21 heavy (non-hydrogen) atoms. The highest BCUT2D eigenvalue weighted by Gasteiger charge is 2.22. The van der Waals surface area contributed by atoms with E-state index >= 15 is 0 Å². The summed E-state index contributed by atoms with van der Waals surface area (Å²) >= 11 is 0. The maximum Gasteiger partial charge on any atom is 0.343 e. The maximum absolute atomic E-state index is 12.2. The highest BCUT2D eigenvalue weighted by molar-refractivity contribution is 5.96. The van der Waals surface area contributed by atoms with Crippen molar-refractivity contribution in [3.05, 3.63) is 44.2 Å². The van der Waals surface area contributed by atoms with Crippen LogP contribution in [0.3, 0.4) is 0 Å². The second-order valence-electron chi connectivity index (χ2n) is 4.05. The van der Waals surface area contributed by atoms with Crippen molar-refractivity contribution in [2.45, 2.75) is 6.92 Å². The number of nitrogens with zero attached hydrogens (tertiary/aromatic N) is 1. The van der Waals surface area contributed by atoms with Crippen molar-refractivity contribution < 1.29 is 19.2 Å². The fourth-order valence-corrected chi connectivity index (χ4v) is 1.97. The van der Waals surface area contributed by atoms with Crippen LogP contribution in [0.2, 0.25) is 0 Å². The SMILES string of the molecule is CCOC(=O)c1c[nH]c2c(OC)c([N+](=O)[O-])ccc2c1=O. The Balaban J connectivity index is 2.74. The Bertz CT molecular complexity index is 780. The van der Waals surface area contributed by atoms with Gasteiger partial charge < -0.3 is 14.5 Å². The van der Waals surface area contributed by atoms with E-state index in [1.807, 2.05) is 0 Å². The summed E-state index contributed by atoms with van der Waals surface area (Å²) in [5.41, 5.74) is -0.857. The van der Waals surface area contributed by atoms with Crippen molar-refractivity contribution in [2.24, 2.45) is 0 Å². The van der Waals surface area contributed by atoms with Gasteiger partial charge in [0, 0.05) is 12.3 Å². The summed E-state index contributed by atoms with van der Waals surface area (Å²) < 4.78 is 9.77. The number of H-pyrrole nitrogens is 1. The number of pyridine rings is 1. The molecule has 0 spiro atoms. The molecule has 0 amide bonds. The van der Waals surface area contributed by atoms with Gasteiger partial charge in [-0.3, -0.25) is 14.9 Å². The van der Waals surface area contributed by atoms with Crippen LogP contribution >= 0.6 is 0 Å². The lowest BCUT2D eigenvalue weighted by Gasteiger charge is -2.07. The normalized spacial score (nSPS) is 10.4. The number of aromatic amines is 1. The predicted octanol–water partition coefficient (Wildman–Crippen LogP) is 1.62. The van der Waals surface area contributed by atoms with Crippen molar-refractivity contribution in [3.63, 3.8) is 0 Å².